The topological polar surface area (TPSA) is 513 Å². The summed E-state index contributed by atoms with van der Waals surface area (Å²) in [5.41, 5.74) is 18.0. The molecule has 10 unspecified atom stereocenters. The number of thiol groups is 1. The van der Waals surface area contributed by atoms with E-state index in [1.54, 1.807) is 44.3 Å². The van der Waals surface area contributed by atoms with Gasteiger partial charge in [0, 0.05) is 92.1 Å². The van der Waals surface area contributed by atoms with E-state index in [4.69, 9.17) is 21.9 Å². The molecular formula is C71H106N18O15S. The lowest BCUT2D eigenvalue weighted by Gasteiger charge is -2.30. The van der Waals surface area contributed by atoms with Crippen molar-refractivity contribution in [1.82, 2.24) is 73.0 Å². The van der Waals surface area contributed by atoms with Crippen LogP contribution < -0.4 is 70.4 Å². The van der Waals surface area contributed by atoms with Crippen LogP contribution in [0.25, 0.3) is 10.9 Å². The molecule has 2 aromatic heterocycles. The molecule has 2 fully saturated rings. The molecular weight excluding hydrogens is 1380 g/mol. The molecule has 34 heteroatoms. The number of unbranched alkanes of at least 4 members (excludes halogenated alkanes) is 1. The van der Waals surface area contributed by atoms with Crippen molar-refractivity contribution < 1.29 is 72.5 Å². The van der Waals surface area contributed by atoms with Crippen LogP contribution in [-0.2, 0) is 81.5 Å². The highest BCUT2D eigenvalue weighted by molar-refractivity contribution is 7.81. The minimum atomic E-state index is -1.82. The number of phenols is 1. The molecule has 12 amide bonds. The maximum atomic E-state index is 15.1. The molecule has 2 aromatic carbocycles. The van der Waals surface area contributed by atoms with Gasteiger partial charge in [-0.05, 0) is 119 Å². The number of guanidine groups is 1. The van der Waals surface area contributed by atoms with Crippen molar-refractivity contribution in [2.45, 2.75) is 215 Å². The first-order valence-electron chi connectivity index (χ1n) is 35.7. The molecule has 0 spiro atoms. The summed E-state index contributed by atoms with van der Waals surface area (Å²) in [6.07, 6.45) is 7.18. The number of aromatic nitrogens is 3. The number of nitrogens with zero attached hydrogens (tertiary/aromatic N) is 3. The number of benzene rings is 2. The highest BCUT2D eigenvalue weighted by Gasteiger charge is 2.40. The van der Waals surface area contributed by atoms with Gasteiger partial charge in [0.15, 0.2) is 5.96 Å². The summed E-state index contributed by atoms with van der Waals surface area (Å²) in [4.78, 5) is 183. The fourth-order valence-corrected chi connectivity index (χ4v) is 12.2. The van der Waals surface area contributed by atoms with Crippen molar-refractivity contribution in [3.8, 4) is 5.75 Å². The molecule has 10 atom stereocenters. The number of fused-ring (bicyclic) bond motifs is 1. The summed E-state index contributed by atoms with van der Waals surface area (Å²) in [5.74, 6) is -9.47. The Hall–Kier alpha value is -9.83. The van der Waals surface area contributed by atoms with Crippen LogP contribution in [-0.4, -0.2) is 211 Å². The van der Waals surface area contributed by atoms with Crippen LogP contribution in [0.4, 0.5) is 0 Å². The Bertz CT molecular complexity index is 3640. The first-order chi connectivity index (χ1) is 49.8. The first-order valence-corrected chi connectivity index (χ1v) is 36.2. The summed E-state index contributed by atoms with van der Waals surface area (Å²) in [5, 5.41) is 48.8. The normalized spacial score (nSPS) is 16.9. The Labute approximate surface area is 616 Å². The number of aliphatic imine (C=N–C) groups is 1. The second-order valence-electron chi connectivity index (χ2n) is 28.0. The average Bonchev–Trinajstić information content (AvgIpc) is 1.71. The number of primary amides is 1. The Balaban J connectivity index is 1.27. The van der Waals surface area contributed by atoms with Gasteiger partial charge in [0.2, 0.25) is 70.9 Å². The number of phenolic OH excluding ortho intramolecular Hbond substituents is 1. The number of aromatic amines is 2. The molecule has 20 N–H and O–H groups in total. The van der Waals surface area contributed by atoms with Gasteiger partial charge in [-0.3, -0.25) is 62.5 Å². The third-order valence-electron chi connectivity index (χ3n) is 18.3. The number of nitrogens with two attached hydrogens (primary N) is 3. The Morgan fingerprint density at radius 2 is 1.34 bits per heavy atom. The quantitative estimate of drug-likeness (QED) is 0.0113. The number of hydrogen-bond donors (Lipinski definition) is 18. The Morgan fingerprint density at radius 3 is 1.97 bits per heavy atom. The number of carbonyl (C=O) groups is 12. The number of H-pyrrole nitrogens is 2. The minimum absolute atomic E-state index is 0.0000946. The van der Waals surface area contributed by atoms with E-state index in [2.05, 4.69) is 85.7 Å². The van der Waals surface area contributed by atoms with E-state index in [-0.39, 0.29) is 137 Å². The molecule has 2 saturated heterocycles. The SMILES string of the molecule is CCC(C)(CCC(=O)NCCCCC(NC(=O)C(Cc1ccc(O)cc1)NC(=O)C(CO)NC(=O)C(Cc1c[nH]c2ccccc12)NC(=O)C(Cc1cnc[nH]1)NC(=O)C1CCC(=O)N1)C(=O)NC(CC(C)C)C(=O)NC(CCCN=C(N)N)C(=O)N1CCCC1C(=O)NCC(N)=O)OCCC(C)(C)S. The largest absolute Gasteiger partial charge is 0.508 e. The number of ether oxygens (including phenoxy) is 1. The van der Waals surface area contributed by atoms with E-state index < -0.39 is 132 Å². The number of amides is 12. The van der Waals surface area contributed by atoms with Crippen LogP contribution in [0.15, 0.2) is 72.2 Å². The average molecular weight is 1480 g/mol. The second kappa shape index (κ2) is 41.0. The summed E-state index contributed by atoms with van der Waals surface area (Å²) in [7, 11) is 0. The molecule has 0 radical (unpaired) electrons. The number of aliphatic hydroxyl groups excluding tert-OH is 1. The molecule has 6 rings (SSSR count). The van der Waals surface area contributed by atoms with Gasteiger partial charge in [0.05, 0.1) is 25.1 Å². The Morgan fingerprint density at radius 1 is 0.724 bits per heavy atom. The van der Waals surface area contributed by atoms with Gasteiger partial charge >= 0.3 is 0 Å². The van der Waals surface area contributed by atoms with Gasteiger partial charge in [0.1, 0.15) is 60.1 Å². The predicted octanol–water partition coefficient (Wildman–Crippen LogP) is -0.668. The zero-order valence-electron chi connectivity index (χ0n) is 60.6. The molecule has 4 heterocycles. The lowest BCUT2D eigenvalue weighted by atomic mass is 9.96. The van der Waals surface area contributed by atoms with Crippen molar-refractivity contribution in [3.05, 3.63) is 84.1 Å². The summed E-state index contributed by atoms with van der Waals surface area (Å²) in [6.45, 7) is 10.8. The lowest BCUT2D eigenvalue weighted by molar-refractivity contribution is -0.142. The summed E-state index contributed by atoms with van der Waals surface area (Å²) < 4.78 is 5.97. The van der Waals surface area contributed by atoms with E-state index in [9.17, 15) is 58.2 Å². The molecule has 576 valence electrons. The summed E-state index contributed by atoms with van der Waals surface area (Å²) >= 11 is 4.60. The number of aliphatic hydroxyl groups is 1. The predicted molar refractivity (Wildman–Crippen MR) is 393 cm³/mol. The third-order valence-corrected chi connectivity index (χ3v) is 18.5. The number of imidazole rings is 1. The highest BCUT2D eigenvalue weighted by Crippen LogP contribution is 2.26. The number of likely N-dealkylation sites (tertiary alicyclic amines) is 1. The molecule has 2 aliphatic heterocycles. The maximum Gasteiger partial charge on any atom is 0.245 e. The van der Waals surface area contributed by atoms with Crippen molar-refractivity contribution in [2.75, 3.05) is 39.4 Å². The maximum absolute atomic E-state index is 15.1. The number of aromatic hydroxyl groups is 1. The van der Waals surface area contributed by atoms with Gasteiger partial charge in [-0.15, -0.1) is 0 Å². The molecule has 105 heavy (non-hydrogen) atoms. The van der Waals surface area contributed by atoms with Crippen LogP contribution in [0.2, 0.25) is 0 Å². The number of rotatable bonds is 44. The van der Waals surface area contributed by atoms with E-state index in [1.807, 2.05) is 27.7 Å². The Kier molecular flexibility index (Phi) is 32.9. The zero-order chi connectivity index (χ0) is 77.0. The van der Waals surface area contributed by atoms with Gasteiger partial charge in [0.25, 0.3) is 0 Å². The van der Waals surface area contributed by atoms with E-state index in [0.717, 1.165) is 0 Å². The van der Waals surface area contributed by atoms with E-state index in [0.29, 0.717) is 60.0 Å². The molecule has 0 bridgehead atoms. The van der Waals surface area contributed by atoms with E-state index in [1.165, 1.54) is 41.7 Å². The highest BCUT2D eigenvalue weighted by atomic mass is 32.1. The lowest BCUT2D eigenvalue weighted by Crippen LogP contribution is -2.61. The summed E-state index contributed by atoms with van der Waals surface area (Å²) in [6, 6.07) is 0.418. The molecule has 33 nitrogen and oxygen atoms in total. The van der Waals surface area contributed by atoms with Crippen molar-refractivity contribution in [1.29, 1.82) is 0 Å². The van der Waals surface area contributed by atoms with E-state index >= 15 is 9.59 Å². The number of para-hydroxylation sites is 1. The van der Waals surface area contributed by atoms with Crippen LogP contribution in [0.5, 0.6) is 5.75 Å². The fourth-order valence-electron chi connectivity index (χ4n) is 12.1. The number of nitrogens with one attached hydrogen (secondary N) is 12. The van der Waals surface area contributed by atoms with Crippen LogP contribution in [0.1, 0.15) is 148 Å². The fraction of sp³-hybridized carbons (Fsp3) is 0.577. The molecule has 2 aliphatic rings. The molecule has 4 aromatic rings. The smallest absolute Gasteiger partial charge is 0.245 e. The van der Waals surface area contributed by atoms with Crippen molar-refractivity contribution in [2.24, 2.45) is 28.1 Å². The van der Waals surface area contributed by atoms with Gasteiger partial charge in [-0.2, -0.15) is 12.6 Å². The monoisotopic (exact) mass is 1480 g/mol. The standard InChI is InChI=1S/C71H106N18O15S/c1-7-71(6,104-31-27-70(4,5)105)26-25-58(93)76-28-11-10-16-48(60(95)84-51(32-41(2)3)62(97)83-50(17-12-29-77-69(73)74)68(103)89-30-13-18-56(89)67(102)79-38-57(72)92)82-63(98)52(33-42-19-21-45(91)22-20-42)85-66(101)55(39-90)88-64(99)53(34-43-36-78-47-15-9-8-14-46(43)47)86-65(100)54(35-44-37-75-40-80-44)87-61(96)49-23-24-59(94)81-49/h8-9,14-15,19-22,36-37,40-41,48-56,78,90-91,105H,7,10-13,16-18,23-35,38-39H2,1-6H3,(H2,72,92)(H,75,80)(H,76,93)(H,79,102)(H,81,94)(H,82,98)(H,83,97)(H,84,95)(H,85,101)(H,86,100)(H,87,96)(H,88,99)(H4,73,74,77). The van der Waals surface area contributed by atoms with Gasteiger partial charge in [-0.1, -0.05) is 65.0 Å². The third kappa shape index (κ3) is 28.0. The number of carbonyl (C=O) groups excluding carboxylic acids is 12. The second-order valence-corrected chi connectivity index (χ2v) is 29.2. The number of hydrogen-bond acceptors (Lipinski definition) is 18. The van der Waals surface area contributed by atoms with Crippen LogP contribution >= 0.6 is 12.6 Å². The first kappa shape index (κ1) is 84.1. The van der Waals surface area contributed by atoms with Gasteiger partial charge in [-0.25, -0.2) is 4.98 Å². The van der Waals surface area contributed by atoms with Crippen molar-refractivity contribution >= 4 is 100 Å². The van der Waals surface area contributed by atoms with Crippen molar-refractivity contribution in [3.63, 3.8) is 0 Å². The molecule has 0 saturated carbocycles. The van der Waals surface area contributed by atoms with Gasteiger partial charge < -0.3 is 100 Å². The van der Waals surface area contributed by atoms with Crippen LogP contribution in [0, 0.1) is 5.92 Å². The van der Waals surface area contributed by atoms with Crippen LogP contribution in [0.3, 0.4) is 0 Å². The molecule has 0 aliphatic carbocycles. The minimum Gasteiger partial charge on any atom is -0.508 e. The zero-order valence-corrected chi connectivity index (χ0v) is 61.5.